The van der Waals surface area contributed by atoms with Gasteiger partial charge in [-0.15, -0.1) is 0 Å². The quantitative estimate of drug-likeness (QED) is 0.733. The highest BCUT2D eigenvalue weighted by Gasteiger charge is 2.12. The van der Waals surface area contributed by atoms with E-state index in [4.69, 9.17) is 0 Å². The molecule has 0 saturated heterocycles. The Labute approximate surface area is 110 Å². The summed E-state index contributed by atoms with van der Waals surface area (Å²) in [6.07, 6.45) is 0. The molecule has 0 amide bonds. The molecule has 0 atom stereocenters. The van der Waals surface area contributed by atoms with Crippen molar-refractivity contribution < 1.29 is 0 Å². The summed E-state index contributed by atoms with van der Waals surface area (Å²) in [5, 5.41) is 3.78. The first-order valence-corrected chi connectivity index (χ1v) is 6.19. The molecule has 2 aromatic carbocycles. The fraction of sp³-hybridized carbons (Fsp3) is 0.0625. The van der Waals surface area contributed by atoms with Gasteiger partial charge in [0.2, 0.25) is 0 Å². The van der Waals surface area contributed by atoms with E-state index in [0.717, 1.165) is 16.9 Å². The fourth-order valence-electron chi connectivity index (χ4n) is 2.30. The maximum absolute atomic E-state index is 12.6. The summed E-state index contributed by atoms with van der Waals surface area (Å²) in [6, 6.07) is 17.3. The minimum absolute atomic E-state index is 0.0462. The average molecular weight is 250 g/mol. The Kier molecular flexibility index (Phi) is 2.80. The zero-order valence-corrected chi connectivity index (χ0v) is 10.6. The summed E-state index contributed by atoms with van der Waals surface area (Å²) in [6.45, 7) is 0. The van der Waals surface area contributed by atoms with Crippen LogP contribution < -0.4 is 10.7 Å². The molecule has 0 bridgehead atoms. The van der Waals surface area contributed by atoms with Crippen molar-refractivity contribution in [3.63, 3.8) is 0 Å². The van der Waals surface area contributed by atoms with Gasteiger partial charge in [0.25, 0.3) is 0 Å². The van der Waals surface area contributed by atoms with E-state index < -0.39 is 0 Å². The highest BCUT2D eigenvalue weighted by Crippen LogP contribution is 2.24. The Morgan fingerprint density at radius 2 is 1.63 bits per heavy atom. The molecule has 0 unspecified atom stereocenters. The first-order valence-electron chi connectivity index (χ1n) is 6.19. The molecular weight excluding hydrogens is 236 g/mol. The van der Waals surface area contributed by atoms with Crippen molar-refractivity contribution in [3.05, 3.63) is 64.8 Å². The number of rotatable bonds is 2. The van der Waals surface area contributed by atoms with Gasteiger partial charge in [0, 0.05) is 12.4 Å². The number of fused-ring (bicyclic) bond motifs is 1. The van der Waals surface area contributed by atoms with Gasteiger partial charge in [0.05, 0.1) is 11.1 Å². The SMILES string of the molecule is CNc1[nH]c2ccccc2c(=O)c1-c1ccccc1. The lowest BCUT2D eigenvalue weighted by Crippen LogP contribution is -2.10. The van der Waals surface area contributed by atoms with Gasteiger partial charge in [-0.05, 0) is 17.7 Å². The van der Waals surface area contributed by atoms with Crippen LogP contribution in [0.2, 0.25) is 0 Å². The number of nitrogens with one attached hydrogen (secondary N) is 2. The number of hydrogen-bond donors (Lipinski definition) is 2. The predicted octanol–water partition coefficient (Wildman–Crippen LogP) is 3.24. The lowest BCUT2D eigenvalue weighted by atomic mass is 10.0. The number of para-hydroxylation sites is 1. The Bertz CT molecular complexity index is 776. The normalized spacial score (nSPS) is 10.6. The molecule has 0 saturated carbocycles. The molecule has 3 nitrogen and oxygen atoms in total. The van der Waals surface area contributed by atoms with Crippen molar-refractivity contribution in [1.82, 2.24) is 4.98 Å². The molecule has 3 heteroatoms. The molecule has 0 aliphatic heterocycles. The van der Waals surface area contributed by atoms with Gasteiger partial charge in [0.1, 0.15) is 5.82 Å². The summed E-state index contributed by atoms with van der Waals surface area (Å²) in [5.74, 6) is 0.745. The average Bonchev–Trinajstić information content (AvgIpc) is 2.48. The number of anilines is 1. The van der Waals surface area contributed by atoms with Gasteiger partial charge in [-0.1, -0.05) is 42.5 Å². The third-order valence-corrected chi connectivity index (χ3v) is 3.22. The Balaban J connectivity index is 2.41. The van der Waals surface area contributed by atoms with Crippen molar-refractivity contribution in [2.24, 2.45) is 0 Å². The van der Waals surface area contributed by atoms with E-state index in [1.165, 1.54) is 0 Å². The van der Waals surface area contributed by atoms with Gasteiger partial charge >= 0.3 is 0 Å². The molecular formula is C16H14N2O. The second-order valence-electron chi connectivity index (χ2n) is 4.37. The van der Waals surface area contributed by atoms with E-state index in [1.54, 1.807) is 0 Å². The van der Waals surface area contributed by atoms with Crippen LogP contribution in [0.5, 0.6) is 0 Å². The van der Waals surface area contributed by atoms with Crippen molar-refractivity contribution in [2.45, 2.75) is 0 Å². The van der Waals surface area contributed by atoms with Crippen molar-refractivity contribution >= 4 is 16.7 Å². The van der Waals surface area contributed by atoms with Crippen molar-refractivity contribution in [3.8, 4) is 11.1 Å². The molecule has 0 spiro atoms. The van der Waals surface area contributed by atoms with Crippen LogP contribution in [0, 0.1) is 0 Å². The second-order valence-corrected chi connectivity index (χ2v) is 4.37. The first kappa shape index (κ1) is 11.5. The third kappa shape index (κ3) is 1.89. The van der Waals surface area contributed by atoms with Crippen LogP contribution >= 0.6 is 0 Å². The summed E-state index contributed by atoms with van der Waals surface area (Å²) >= 11 is 0. The molecule has 94 valence electrons. The Morgan fingerprint density at radius 3 is 2.37 bits per heavy atom. The largest absolute Gasteiger partial charge is 0.374 e. The fourth-order valence-corrected chi connectivity index (χ4v) is 2.30. The number of pyridine rings is 1. The monoisotopic (exact) mass is 250 g/mol. The van der Waals surface area contributed by atoms with E-state index in [2.05, 4.69) is 10.3 Å². The van der Waals surface area contributed by atoms with Gasteiger partial charge in [-0.25, -0.2) is 0 Å². The van der Waals surface area contributed by atoms with E-state index in [0.29, 0.717) is 10.9 Å². The molecule has 2 N–H and O–H groups in total. The zero-order valence-electron chi connectivity index (χ0n) is 10.6. The number of benzene rings is 2. The van der Waals surface area contributed by atoms with Gasteiger partial charge in [0.15, 0.2) is 5.43 Å². The number of H-pyrrole nitrogens is 1. The second kappa shape index (κ2) is 4.61. The summed E-state index contributed by atoms with van der Waals surface area (Å²) in [4.78, 5) is 15.9. The maximum Gasteiger partial charge on any atom is 0.199 e. The molecule has 0 fully saturated rings. The van der Waals surface area contributed by atoms with Crippen LogP contribution in [-0.4, -0.2) is 12.0 Å². The lowest BCUT2D eigenvalue weighted by molar-refractivity contribution is 1.33. The summed E-state index contributed by atoms with van der Waals surface area (Å²) in [5.41, 5.74) is 2.49. The molecule has 0 aliphatic carbocycles. The number of hydrogen-bond acceptors (Lipinski definition) is 2. The maximum atomic E-state index is 12.6. The topological polar surface area (TPSA) is 44.9 Å². The van der Waals surface area contributed by atoms with Crippen LogP contribution in [0.15, 0.2) is 59.4 Å². The molecule has 3 rings (SSSR count). The lowest BCUT2D eigenvalue weighted by Gasteiger charge is -2.10. The minimum Gasteiger partial charge on any atom is -0.374 e. The predicted molar refractivity (Wildman–Crippen MR) is 79.6 cm³/mol. The van der Waals surface area contributed by atoms with Crippen LogP contribution in [0.1, 0.15) is 0 Å². The van der Waals surface area contributed by atoms with Crippen molar-refractivity contribution in [1.29, 1.82) is 0 Å². The highest BCUT2D eigenvalue weighted by atomic mass is 16.1. The van der Waals surface area contributed by atoms with Crippen molar-refractivity contribution in [2.75, 3.05) is 12.4 Å². The zero-order chi connectivity index (χ0) is 13.2. The molecule has 1 heterocycles. The third-order valence-electron chi connectivity index (χ3n) is 3.22. The van der Waals surface area contributed by atoms with E-state index in [1.807, 2.05) is 61.6 Å². The molecule has 3 aromatic rings. The van der Waals surface area contributed by atoms with Crippen LogP contribution in [-0.2, 0) is 0 Å². The highest BCUT2D eigenvalue weighted by molar-refractivity contribution is 5.89. The smallest absolute Gasteiger partial charge is 0.199 e. The summed E-state index contributed by atoms with van der Waals surface area (Å²) in [7, 11) is 1.81. The van der Waals surface area contributed by atoms with Gasteiger partial charge in [-0.3, -0.25) is 4.79 Å². The van der Waals surface area contributed by atoms with E-state index in [9.17, 15) is 4.79 Å². The molecule has 19 heavy (non-hydrogen) atoms. The van der Waals surface area contributed by atoms with Crippen LogP contribution in [0.4, 0.5) is 5.82 Å². The van der Waals surface area contributed by atoms with Gasteiger partial charge in [-0.2, -0.15) is 0 Å². The molecule has 0 radical (unpaired) electrons. The Hall–Kier alpha value is -2.55. The summed E-state index contributed by atoms with van der Waals surface area (Å²) < 4.78 is 0. The molecule has 0 aliphatic rings. The van der Waals surface area contributed by atoms with E-state index in [-0.39, 0.29) is 5.43 Å². The molecule has 1 aromatic heterocycles. The number of aromatic amines is 1. The first-order chi connectivity index (χ1) is 9.31. The standard InChI is InChI=1S/C16H14N2O/c1-17-16-14(11-7-3-2-4-8-11)15(19)12-9-5-6-10-13(12)18-16/h2-10H,1H3,(H2,17,18,19). The Morgan fingerprint density at radius 1 is 0.947 bits per heavy atom. The van der Waals surface area contributed by atoms with Gasteiger partial charge < -0.3 is 10.3 Å². The minimum atomic E-state index is 0.0462. The van der Waals surface area contributed by atoms with Crippen LogP contribution in [0.3, 0.4) is 0 Å². The van der Waals surface area contributed by atoms with E-state index >= 15 is 0 Å². The van der Waals surface area contributed by atoms with Crippen LogP contribution in [0.25, 0.3) is 22.0 Å². The number of aromatic nitrogens is 1.